The predicted molar refractivity (Wildman–Crippen MR) is 115 cm³/mol. The first-order valence-electron chi connectivity index (χ1n) is 9.91. The minimum Gasteiger partial charge on any atom is -0.457 e. The molecule has 0 aromatic heterocycles. The number of ether oxygens (including phenoxy) is 1. The van der Waals surface area contributed by atoms with Gasteiger partial charge in [0.05, 0.1) is 6.10 Å². The Bertz CT molecular complexity index is 816. The van der Waals surface area contributed by atoms with Gasteiger partial charge in [-0.25, -0.2) is 0 Å². The third-order valence-electron chi connectivity index (χ3n) is 4.89. The zero-order valence-electron chi connectivity index (χ0n) is 16.7. The van der Waals surface area contributed by atoms with E-state index in [0.717, 1.165) is 30.2 Å². The molecule has 3 nitrogen and oxygen atoms in total. The van der Waals surface area contributed by atoms with Crippen LogP contribution in [0.1, 0.15) is 37.5 Å². The van der Waals surface area contributed by atoms with E-state index >= 15 is 0 Å². The Morgan fingerprint density at radius 2 is 1.36 bits per heavy atom. The highest BCUT2D eigenvalue weighted by Gasteiger charge is 2.14. The fourth-order valence-corrected chi connectivity index (χ4v) is 3.18. The second-order valence-electron chi connectivity index (χ2n) is 7.34. The van der Waals surface area contributed by atoms with E-state index in [0.29, 0.717) is 12.5 Å². The van der Waals surface area contributed by atoms with Gasteiger partial charge < -0.3 is 9.84 Å². The third-order valence-corrected chi connectivity index (χ3v) is 4.89. The van der Waals surface area contributed by atoms with Crippen molar-refractivity contribution < 1.29 is 9.84 Å². The van der Waals surface area contributed by atoms with Crippen LogP contribution in [0.5, 0.6) is 11.5 Å². The van der Waals surface area contributed by atoms with Crippen molar-refractivity contribution in [2.75, 3.05) is 6.54 Å². The van der Waals surface area contributed by atoms with Crippen LogP contribution in [0.4, 0.5) is 0 Å². The Hall–Kier alpha value is -2.62. The highest BCUT2D eigenvalue weighted by atomic mass is 16.5. The number of aliphatic hydroxyl groups excluding tert-OH is 1. The highest BCUT2D eigenvalue weighted by Crippen LogP contribution is 2.25. The molecule has 0 heterocycles. The molecule has 3 aromatic carbocycles. The molecule has 146 valence electrons. The number of hydrogen-bond acceptors (Lipinski definition) is 3. The van der Waals surface area contributed by atoms with Gasteiger partial charge in [0.25, 0.3) is 0 Å². The van der Waals surface area contributed by atoms with Crippen molar-refractivity contribution in [2.24, 2.45) is 0 Å². The number of hydrogen-bond donors (Lipinski definition) is 1. The quantitative estimate of drug-likeness (QED) is 0.512. The second kappa shape index (κ2) is 10.1. The largest absolute Gasteiger partial charge is 0.457 e. The lowest BCUT2D eigenvalue weighted by Crippen LogP contribution is -2.32. The standard InChI is InChI=1S/C25H29NO2/c1-20(2)26(19-21-9-5-3-6-10-21)18-17-25(27)22-13-15-24(16-14-22)28-23-11-7-4-8-12-23/h3-16,20,25,27H,17-19H2,1-2H3. The zero-order chi connectivity index (χ0) is 19.8. The Balaban J connectivity index is 1.55. The van der Waals surface area contributed by atoms with Gasteiger partial charge in [-0.05, 0) is 55.7 Å². The lowest BCUT2D eigenvalue weighted by Gasteiger charge is -2.27. The van der Waals surface area contributed by atoms with E-state index in [-0.39, 0.29) is 0 Å². The molecule has 0 saturated heterocycles. The van der Waals surface area contributed by atoms with Crippen LogP contribution in [0.25, 0.3) is 0 Å². The Morgan fingerprint density at radius 3 is 1.96 bits per heavy atom. The minimum atomic E-state index is -0.484. The van der Waals surface area contributed by atoms with E-state index in [1.807, 2.05) is 60.7 Å². The molecule has 1 unspecified atom stereocenters. The van der Waals surface area contributed by atoms with Crippen molar-refractivity contribution in [1.82, 2.24) is 4.90 Å². The SMILES string of the molecule is CC(C)N(CCC(O)c1ccc(Oc2ccccc2)cc1)Cc1ccccc1. The van der Waals surface area contributed by atoms with Gasteiger partial charge in [-0.15, -0.1) is 0 Å². The molecular weight excluding hydrogens is 346 g/mol. The van der Waals surface area contributed by atoms with Gasteiger partial charge in [-0.2, -0.15) is 0 Å². The zero-order valence-corrected chi connectivity index (χ0v) is 16.7. The number of para-hydroxylation sites is 1. The number of benzene rings is 3. The molecule has 3 aromatic rings. The Kier molecular flexibility index (Phi) is 7.24. The average Bonchev–Trinajstić information content (AvgIpc) is 2.73. The summed E-state index contributed by atoms with van der Waals surface area (Å²) in [6.45, 7) is 6.14. The maximum Gasteiger partial charge on any atom is 0.127 e. The molecule has 0 aliphatic carbocycles. The van der Waals surface area contributed by atoms with E-state index in [9.17, 15) is 5.11 Å². The van der Waals surface area contributed by atoms with Crippen molar-refractivity contribution >= 4 is 0 Å². The summed E-state index contributed by atoms with van der Waals surface area (Å²) in [5, 5.41) is 10.6. The van der Waals surface area contributed by atoms with E-state index in [2.05, 4.69) is 43.0 Å². The van der Waals surface area contributed by atoms with Crippen molar-refractivity contribution in [1.29, 1.82) is 0 Å². The van der Waals surface area contributed by atoms with Crippen molar-refractivity contribution in [3.05, 3.63) is 96.1 Å². The highest BCUT2D eigenvalue weighted by molar-refractivity contribution is 5.33. The van der Waals surface area contributed by atoms with Gasteiger partial charge in [0, 0.05) is 19.1 Å². The molecule has 0 fully saturated rings. The molecule has 0 saturated carbocycles. The molecule has 3 rings (SSSR count). The summed E-state index contributed by atoms with van der Waals surface area (Å²) in [4.78, 5) is 2.39. The predicted octanol–water partition coefficient (Wildman–Crippen LogP) is 5.81. The van der Waals surface area contributed by atoms with Crippen LogP contribution in [-0.2, 0) is 6.54 Å². The molecule has 0 aliphatic heterocycles. The normalized spacial score (nSPS) is 12.3. The van der Waals surface area contributed by atoms with E-state index < -0.39 is 6.10 Å². The van der Waals surface area contributed by atoms with Crippen molar-refractivity contribution in [2.45, 2.75) is 39.0 Å². The molecule has 1 N–H and O–H groups in total. The summed E-state index contributed by atoms with van der Waals surface area (Å²) in [6.07, 6.45) is 0.215. The molecular formula is C25H29NO2. The Morgan fingerprint density at radius 1 is 0.786 bits per heavy atom. The topological polar surface area (TPSA) is 32.7 Å². The van der Waals surface area contributed by atoms with Crippen LogP contribution < -0.4 is 4.74 Å². The smallest absolute Gasteiger partial charge is 0.127 e. The summed E-state index contributed by atoms with van der Waals surface area (Å²) >= 11 is 0. The van der Waals surface area contributed by atoms with E-state index in [1.54, 1.807) is 0 Å². The summed E-state index contributed by atoms with van der Waals surface area (Å²) in [6, 6.07) is 28.3. The van der Waals surface area contributed by atoms with Gasteiger partial charge >= 0.3 is 0 Å². The summed E-state index contributed by atoms with van der Waals surface area (Å²) in [5.41, 5.74) is 2.22. The molecule has 0 spiro atoms. The van der Waals surface area contributed by atoms with Crippen LogP contribution >= 0.6 is 0 Å². The molecule has 0 aliphatic rings. The minimum absolute atomic E-state index is 0.425. The fourth-order valence-electron chi connectivity index (χ4n) is 3.18. The molecule has 28 heavy (non-hydrogen) atoms. The van der Waals surface area contributed by atoms with Gasteiger partial charge in [0.1, 0.15) is 11.5 Å². The first-order valence-corrected chi connectivity index (χ1v) is 9.91. The number of aliphatic hydroxyl groups is 1. The van der Waals surface area contributed by atoms with Gasteiger partial charge in [-0.1, -0.05) is 60.7 Å². The molecule has 3 heteroatoms. The molecule has 0 radical (unpaired) electrons. The van der Waals surface area contributed by atoms with E-state index in [1.165, 1.54) is 5.56 Å². The monoisotopic (exact) mass is 375 g/mol. The Labute approximate surface area is 168 Å². The average molecular weight is 376 g/mol. The van der Waals surface area contributed by atoms with Gasteiger partial charge in [-0.3, -0.25) is 4.90 Å². The van der Waals surface area contributed by atoms with E-state index in [4.69, 9.17) is 4.74 Å². The third kappa shape index (κ3) is 5.95. The van der Waals surface area contributed by atoms with Crippen molar-refractivity contribution in [3.63, 3.8) is 0 Å². The van der Waals surface area contributed by atoms with Crippen LogP contribution in [0, 0.1) is 0 Å². The molecule has 0 bridgehead atoms. The van der Waals surface area contributed by atoms with Crippen molar-refractivity contribution in [3.8, 4) is 11.5 Å². The maximum atomic E-state index is 10.6. The second-order valence-corrected chi connectivity index (χ2v) is 7.34. The lowest BCUT2D eigenvalue weighted by atomic mass is 10.1. The molecule has 0 amide bonds. The number of rotatable bonds is 9. The summed E-state index contributed by atoms with van der Waals surface area (Å²) < 4.78 is 5.82. The van der Waals surface area contributed by atoms with Crippen LogP contribution in [0.15, 0.2) is 84.9 Å². The van der Waals surface area contributed by atoms with Crippen LogP contribution in [0.2, 0.25) is 0 Å². The van der Waals surface area contributed by atoms with Gasteiger partial charge in [0.2, 0.25) is 0 Å². The summed E-state index contributed by atoms with van der Waals surface area (Å²) in [5.74, 6) is 1.58. The first-order chi connectivity index (χ1) is 13.6. The lowest BCUT2D eigenvalue weighted by molar-refractivity contribution is 0.127. The van der Waals surface area contributed by atoms with Gasteiger partial charge in [0.15, 0.2) is 0 Å². The van der Waals surface area contributed by atoms with Crippen LogP contribution in [-0.4, -0.2) is 22.6 Å². The van der Waals surface area contributed by atoms with Crippen LogP contribution in [0.3, 0.4) is 0 Å². The molecule has 1 atom stereocenters. The number of nitrogens with zero attached hydrogens (tertiary/aromatic N) is 1. The maximum absolute atomic E-state index is 10.6. The summed E-state index contributed by atoms with van der Waals surface area (Å²) in [7, 11) is 0. The fraction of sp³-hybridized carbons (Fsp3) is 0.280. The first kappa shape index (κ1) is 20.1.